The van der Waals surface area contributed by atoms with Crippen molar-refractivity contribution in [3.05, 3.63) is 35.3 Å². The summed E-state index contributed by atoms with van der Waals surface area (Å²) in [7, 11) is 0. The van der Waals surface area contributed by atoms with Crippen molar-refractivity contribution < 1.29 is 4.98 Å². The molecule has 0 saturated heterocycles. The highest BCUT2D eigenvalue weighted by molar-refractivity contribution is 7.13. The summed E-state index contributed by atoms with van der Waals surface area (Å²) in [6.45, 7) is 2.08. The zero-order valence-electron chi connectivity index (χ0n) is 8.87. The Kier molecular flexibility index (Phi) is 1.97. The molecule has 1 aromatic carbocycles. The number of para-hydroxylation sites is 1. The van der Waals surface area contributed by atoms with Crippen LogP contribution in [0.3, 0.4) is 0 Å². The molecule has 0 amide bonds. The Morgan fingerprint density at radius 3 is 2.88 bits per heavy atom. The van der Waals surface area contributed by atoms with E-state index in [1.807, 2.05) is 6.07 Å². The molecule has 3 aromatic rings. The number of aromatic amines is 2. The number of benzene rings is 1. The highest BCUT2D eigenvalue weighted by Gasteiger charge is 2.14. The van der Waals surface area contributed by atoms with Gasteiger partial charge in [0.15, 0.2) is 0 Å². The van der Waals surface area contributed by atoms with Gasteiger partial charge >= 0.3 is 5.13 Å². The molecule has 0 atom stereocenters. The standard InChI is InChI=1S/C12H11N3S/c1-7-11(10-6-16-12(13)15-10)8-4-2-3-5-9(8)14-7/h2-6,14H,1H3,(H2,13,15)/p+1. The van der Waals surface area contributed by atoms with Crippen LogP contribution >= 0.6 is 11.3 Å². The molecular formula is C12H12N3S+. The minimum Gasteiger partial charge on any atom is -0.358 e. The molecule has 0 bridgehead atoms. The number of hydrogen-bond acceptors (Lipinski definition) is 2. The molecule has 3 nitrogen and oxygen atoms in total. The number of aromatic nitrogens is 2. The Labute approximate surface area is 96.9 Å². The zero-order chi connectivity index (χ0) is 11.1. The molecule has 2 aromatic heterocycles. The maximum atomic E-state index is 5.73. The van der Waals surface area contributed by atoms with Gasteiger partial charge in [0.25, 0.3) is 0 Å². The van der Waals surface area contributed by atoms with Gasteiger partial charge in [0.2, 0.25) is 0 Å². The van der Waals surface area contributed by atoms with E-state index in [0.717, 1.165) is 22.0 Å². The Hall–Kier alpha value is -1.81. The van der Waals surface area contributed by atoms with Gasteiger partial charge in [-0.1, -0.05) is 29.5 Å². The third kappa shape index (κ3) is 1.31. The predicted molar refractivity (Wildman–Crippen MR) is 67.3 cm³/mol. The van der Waals surface area contributed by atoms with Gasteiger partial charge in [-0.3, -0.25) is 5.73 Å². The number of rotatable bonds is 1. The van der Waals surface area contributed by atoms with Crippen LogP contribution in [0.2, 0.25) is 0 Å². The molecule has 3 rings (SSSR count). The number of nitrogen functional groups attached to an aromatic ring is 1. The third-order valence-electron chi connectivity index (χ3n) is 2.72. The van der Waals surface area contributed by atoms with Gasteiger partial charge in [0.1, 0.15) is 5.69 Å². The smallest absolute Gasteiger partial charge is 0.329 e. The van der Waals surface area contributed by atoms with Gasteiger partial charge in [0.05, 0.1) is 5.56 Å². The average molecular weight is 230 g/mol. The first-order valence-electron chi connectivity index (χ1n) is 5.09. The van der Waals surface area contributed by atoms with E-state index in [0.29, 0.717) is 0 Å². The van der Waals surface area contributed by atoms with Crippen LogP contribution in [-0.2, 0) is 0 Å². The summed E-state index contributed by atoms with van der Waals surface area (Å²) in [4.78, 5) is 6.57. The fraction of sp³-hybridized carbons (Fsp3) is 0.0833. The third-order valence-corrected chi connectivity index (χ3v) is 3.43. The van der Waals surface area contributed by atoms with Crippen molar-refractivity contribution in [2.45, 2.75) is 6.92 Å². The van der Waals surface area contributed by atoms with Crippen LogP contribution in [0, 0.1) is 6.92 Å². The Morgan fingerprint density at radius 1 is 1.31 bits per heavy atom. The molecule has 4 N–H and O–H groups in total. The molecule has 0 unspecified atom stereocenters. The van der Waals surface area contributed by atoms with E-state index in [4.69, 9.17) is 5.73 Å². The zero-order valence-corrected chi connectivity index (χ0v) is 9.69. The minimum absolute atomic E-state index is 0.736. The molecule has 4 heteroatoms. The van der Waals surface area contributed by atoms with Crippen LogP contribution in [0.15, 0.2) is 29.6 Å². The number of nitrogens with two attached hydrogens (primary N) is 1. The fourth-order valence-corrected chi connectivity index (χ4v) is 2.65. The number of nitrogens with one attached hydrogen (secondary N) is 2. The van der Waals surface area contributed by atoms with Gasteiger partial charge in [-0.15, -0.1) is 0 Å². The van der Waals surface area contributed by atoms with Crippen molar-refractivity contribution in [3.63, 3.8) is 0 Å². The molecule has 0 aliphatic heterocycles. The Balaban J connectivity index is 2.34. The van der Waals surface area contributed by atoms with E-state index in [1.54, 1.807) is 0 Å². The molecule has 0 aliphatic carbocycles. The van der Waals surface area contributed by atoms with Crippen molar-refractivity contribution >= 4 is 27.4 Å². The fourth-order valence-electron chi connectivity index (χ4n) is 2.06. The van der Waals surface area contributed by atoms with E-state index in [-0.39, 0.29) is 0 Å². The number of fused-ring (bicyclic) bond motifs is 1. The van der Waals surface area contributed by atoms with Crippen LogP contribution < -0.4 is 10.7 Å². The summed E-state index contributed by atoms with van der Waals surface area (Å²) in [6.07, 6.45) is 0. The van der Waals surface area contributed by atoms with E-state index >= 15 is 0 Å². The maximum absolute atomic E-state index is 5.73. The molecule has 0 fully saturated rings. The second-order valence-corrected chi connectivity index (χ2v) is 4.72. The molecule has 0 aliphatic rings. The summed E-state index contributed by atoms with van der Waals surface area (Å²) in [5, 5.41) is 4.02. The lowest BCUT2D eigenvalue weighted by molar-refractivity contribution is -0.340. The minimum atomic E-state index is 0.736. The topological polar surface area (TPSA) is 56.0 Å². The number of aryl methyl sites for hydroxylation is 1. The highest BCUT2D eigenvalue weighted by Crippen LogP contribution is 2.30. The monoisotopic (exact) mass is 230 g/mol. The van der Waals surface area contributed by atoms with Gasteiger partial charge < -0.3 is 4.98 Å². The van der Waals surface area contributed by atoms with Crippen molar-refractivity contribution in [3.8, 4) is 11.3 Å². The largest absolute Gasteiger partial charge is 0.358 e. The van der Waals surface area contributed by atoms with Crippen molar-refractivity contribution in [2.75, 3.05) is 5.73 Å². The molecule has 0 spiro atoms. The van der Waals surface area contributed by atoms with Gasteiger partial charge in [-0.25, -0.2) is 4.98 Å². The predicted octanol–water partition coefficient (Wildman–Crippen LogP) is 2.60. The number of anilines is 1. The molecule has 0 saturated carbocycles. The Bertz CT molecular complexity index is 651. The molecule has 0 radical (unpaired) electrons. The van der Waals surface area contributed by atoms with Crippen molar-refractivity contribution in [1.29, 1.82) is 0 Å². The van der Waals surface area contributed by atoms with E-state index in [1.165, 1.54) is 22.3 Å². The van der Waals surface area contributed by atoms with Gasteiger partial charge in [-0.2, -0.15) is 0 Å². The van der Waals surface area contributed by atoms with E-state index < -0.39 is 0 Å². The summed E-state index contributed by atoms with van der Waals surface area (Å²) >= 11 is 1.53. The van der Waals surface area contributed by atoms with Crippen LogP contribution in [0.5, 0.6) is 0 Å². The van der Waals surface area contributed by atoms with Crippen LogP contribution in [0.25, 0.3) is 22.2 Å². The second-order valence-electron chi connectivity index (χ2n) is 3.81. The Morgan fingerprint density at radius 2 is 2.12 bits per heavy atom. The lowest BCUT2D eigenvalue weighted by atomic mass is 10.1. The van der Waals surface area contributed by atoms with Crippen LogP contribution in [0.4, 0.5) is 5.13 Å². The van der Waals surface area contributed by atoms with Crippen LogP contribution in [-0.4, -0.2) is 4.98 Å². The van der Waals surface area contributed by atoms with E-state index in [9.17, 15) is 0 Å². The van der Waals surface area contributed by atoms with Gasteiger partial charge in [-0.05, 0) is 13.0 Å². The molecule has 2 heterocycles. The number of hydrogen-bond donors (Lipinski definition) is 2. The summed E-state index contributed by atoms with van der Waals surface area (Å²) in [6, 6.07) is 8.29. The SMILES string of the molecule is Cc1[nH]c2ccccc2c1-c1csc(N)[nH+]1. The summed E-state index contributed by atoms with van der Waals surface area (Å²) in [5.41, 5.74) is 10.3. The first-order valence-corrected chi connectivity index (χ1v) is 5.97. The average Bonchev–Trinajstić information content (AvgIpc) is 2.80. The lowest BCUT2D eigenvalue weighted by Crippen LogP contribution is -2.06. The number of H-pyrrole nitrogens is 2. The van der Waals surface area contributed by atoms with Gasteiger partial charge in [0, 0.05) is 22.0 Å². The highest BCUT2D eigenvalue weighted by atomic mass is 32.1. The second kappa shape index (κ2) is 3.35. The molecule has 16 heavy (non-hydrogen) atoms. The molecule has 80 valence electrons. The maximum Gasteiger partial charge on any atom is 0.329 e. The van der Waals surface area contributed by atoms with Crippen molar-refractivity contribution in [2.24, 2.45) is 0 Å². The quantitative estimate of drug-likeness (QED) is 0.663. The lowest BCUT2D eigenvalue weighted by Gasteiger charge is -1.93. The summed E-state index contributed by atoms with van der Waals surface area (Å²) in [5.74, 6) is 0. The molecular weight excluding hydrogens is 218 g/mol. The normalized spacial score (nSPS) is 11.1. The number of thiazole rings is 1. The van der Waals surface area contributed by atoms with Crippen LogP contribution in [0.1, 0.15) is 5.69 Å². The van der Waals surface area contributed by atoms with Crippen molar-refractivity contribution in [1.82, 2.24) is 4.98 Å². The first-order chi connectivity index (χ1) is 7.75. The first kappa shape index (κ1) is 9.42. The van der Waals surface area contributed by atoms with E-state index in [2.05, 4.69) is 40.5 Å². The summed E-state index contributed by atoms with van der Waals surface area (Å²) < 4.78 is 0.